The van der Waals surface area contributed by atoms with E-state index in [0.29, 0.717) is 12.0 Å². The van der Waals surface area contributed by atoms with Crippen molar-refractivity contribution in [1.82, 2.24) is 10.2 Å². The van der Waals surface area contributed by atoms with Gasteiger partial charge in [0.05, 0.1) is 5.41 Å². The van der Waals surface area contributed by atoms with Gasteiger partial charge in [-0.15, -0.1) is 0 Å². The van der Waals surface area contributed by atoms with Crippen molar-refractivity contribution >= 4 is 5.91 Å². The first-order valence-corrected chi connectivity index (χ1v) is 8.54. The third-order valence-electron chi connectivity index (χ3n) is 5.42. The molecular formula is C19H28N2O. The van der Waals surface area contributed by atoms with Gasteiger partial charge in [0.2, 0.25) is 5.91 Å². The lowest BCUT2D eigenvalue weighted by Crippen LogP contribution is -2.50. The van der Waals surface area contributed by atoms with Crippen LogP contribution in [0.25, 0.3) is 0 Å². The minimum absolute atomic E-state index is 0.127. The Morgan fingerprint density at radius 1 is 1.32 bits per heavy atom. The standard InChI is InChI=1S/C19H28N2O/c1-14-4-6-16(7-5-14)12-19(9-10-19)18(22)20-17-8-11-21(3)13-15(17)2/h4-7,15,17H,8-13H2,1-3H3,(H,20,22)/t15-,17-/m1/s1. The lowest BCUT2D eigenvalue weighted by Gasteiger charge is -2.36. The molecule has 3 rings (SSSR count). The Bertz CT molecular complexity index is 533. The van der Waals surface area contributed by atoms with Crippen LogP contribution in [0.4, 0.5) is 0 Å². The van der Waals surface area contributed by atoms with Gasteiger partial charge in [-0.3, -0.25) is 4.79 Å². The van der Waals surface area contributed by atoms with Crippen LogP contribution in [-0.4, -0.2) is 37.0 Å². The third-order valence-corrected chi connectivity index (χ3v) is 5.42. The molecule has 0 radical (unpaired) electrons. The SMILES string of the molecule is Cc1ccc(CC2(C(=O)N[C@@H]3CCN(C)C[C@H]3C)CC2)cc1. The average molecular weight is 300 g/mol. The van der Waals surface area contributed by atoms with Crippen LogP contribution in [-0.2, 0) is 11.2 Å². The average Bonchev–Trinajstić information content (AvgIpc) is 3.25. The van der Waals surface area contributed by atoms with Crippen LogP contribution in [0.3, 0.4) is 0 Å². The van der Waals surface area contributed by atoms with E-state index in [1.54, 1.807) is 0 Å². The predicted octanol–water partition coefficient (Wildman–Crippen LogP) is 2.77. The van der Waals surface area contributed by atoms with Gasteiger partial charge in [0.25, 0.3) is 0 Å². The van der Waals surface area contributed by atoms with Gasteiger partial charge in [0.15, 0.2) is 0 Å². The van der Waals surface area contributed by atoms with Crippen LogP contribution >= 0.6 is 0 Å². The zero-order valence-electron chi connectivity index (χ0n) is 14.1. The smallest absolute Gasteiger partial charge is 0.226 e. The minimum atomic E-state index is -0.127. The number of carbonyl (C=O) groups is 1. The summed E-state index contributed by atoms with van der Waals surface area (Å²) in [6, 6.07) is 8.96. The molecule has 1 saturated carbocycles. The molecule has 1 N–H and O–H groups in total. The summed E-state index contributed by atoms with van der Waals surface area (Å²) in [5.41, 5.74) is 2.44. The molecule has 3 heteroatoms. The Balaban J connectivity index is 1.60. The van der Waals surface area contributed by atoms with E-state index < -0.39 is 0 Å². The second-order valence-corrected chi connectivity index (χ2v) is 7.55. The number of nitrogens with zero attached hydrogens (tertiary/aromatic N) is 1. The molecule has 1 aliphatic heterocycles. The Morgan fingerprint density at radius 2 is 2.00 bits per heavy atom. The lowest BCUT2D eigenvalue weighted by atomic mass is 9.91. The molecule has 2 atom stereocenters. The molecule has 0 bridgehead atoms. The highest BCUT2D eigenvalue weighted by Crippen LogP contribution is 2.48. The minimum Gasteiger partial charge on any atom is -0.353 e. The van der Waals surface area contributed by atoms with Crippen LogP contribution < -0.4 is 5.32 Å². The quantitative estimate of drug-likeness (QED) is 0.927. The maximum Gasteiger partial charge on any atom is 0.226 e. The topological polar surface area (TPSA) is 32.3 Å². The van der Waals surface area contributed by atoms with Gasteiger partial charge >= 0.3 is 0 Å². The van der Waals surface area contributed by atoms with E-state index in [0.717, 1.165) is 38.8 Å². The molecule has 0 aromatic heterocycles. The zero-order valence-corrected chi connectivity index (χ0v) is 14.1. The molecule has 1 amide bonds. The van der Waals surface area contributed by atoms with E-state index in [1.807, 2.05) is 0 Å². The van der Waals surface area contributed by atoms with Gasteiger partial charge in [0.1, 0.15) is 0 Å². The first kappa shape index (κ1) is 15.5. The van der Waals surface area contributed by atoms with Gasteiger partial charge in [-0.2, -0.15) is 0 Å². The first-order chi connectivity index (χ1) is 10.5. The fourth-order valence-corrected chi connectivity index (χ4v) is 3.62. The molecule has 1 aromatic carbocycles. The molecule has 2 aliphatic rings. The Labute approximate surface area is 134 Å². The van der Waals surface area contributed by atoms with E-state index in [2.05, 4.69) is 55.4 Å². The molecule has 120 valence electrons. The molecule has 1 heterocycles. The van der Waals surface area contributed by atoms with Crippen molar-refractivity contribution < 1.29 is 4.79 Å². The highest BCUT2D eigenvalue weighted by Gasteiger charge is 2.50. The number of nitrogens with one attached hydrogen (secondary N) is 1. The van der Waals surface area contributed by atoms with Gasteiger partial charge < -0.3 is 10.2 Å². The molecule has 3 nitrogen and oxygen atoms in total. The van der Waals surface area contributed by atoms with E-state index in [-0.39, 0.29) is 11.3 Å². The number of carbonyl (C=O) groups excluding carboxylic acids is 1. The molecule has 2 fully saturated rings. The normalized spacial score (nSPS) is 27.4. The van der Waals surface area contributed by atoms with Gasteiger partial charge in [0, 0.05) is 12.6 Å². The van der Waals surface area contributed by atoms with Crippen molar-refractivity contribution in [2.75, 3.05) is 20.1 Å². The monoisotopic (exact) mass is 300 g/mol. The Kier molecular flexibility index (Phi) is 4.26. The summed E-state index contributed by atoms with van der Waals surface area (Å²) < 4.78 is 0. The van der Waals surface area contributed by atoms with E-state index in [1.165, 1.54) is 11.1 Å². The third kappa shape index (κ3) is 3.35. The molecule has 22 heavy (non-hydrogen) atoms. The largest absolute Gasteiger partial charge is 0.353 e. The van der Waals surface area contributed by atoms with Gasteiger partial charge in [-0.1, -0.05) is 36.8 Å². The molecule has 1 saturated heterocycles. The highest BCUT2D eigenvalue weighted by molar-refractivity contribution is 5.85. The number of rotatable bonds is 4. The van der Waals surface area contributed by atoms with Crippen LogP contribution in [0.1, 0.15) is 37.3 Å². The maximum atomic E-state index is 12.8. The molecule has 0 spiro atoms. The number of likely N-dealkylation sites (tertiary alicyclic amines) is 1. The number of aryl methyl sites for hydroxylation is 1. The van der Waals surface area contributed by atoms with E-state index in [9.17, 15) is 4.79 Å². The Morgan fingerprint density at radius 3 is 2.59 bits per heavy atom. The van der Waals surface area contributed by atoms with Crippen LogP contribution in [0.2, 0.25) is 0 Å². The second-order valence-electron chi connectivity index (χ2n) is 7.55. The summed E-state index contributed by atoms with van der Waals surface area (Å²) >= 11 is 0. The van der Waals surface area contributed by atoms with Crippen LogP contribution in [0.5, 0.6) is 0 Å². The van der Waals surface area contributed by atoms with Crippen molar-refractivity contribution in [2.45, 2.75) is 45.6 Å². The summed E-state index contributed by atoms with van der Waals surface area (Å²) in [5, 5.41) is 3.36. The molecule has 1 aromatic rings. The highest BCUT2D eigenvalue weighted by atomic mass is 16.2. The van der Waals surface area contributed by atoms with Crippen LogP contribution in [0, 0.1) is 18.3 Å². The number of piperidine rings is 1. The molecule has 1 aliphatic carbocycles. The fourth-order valence-electron chi connectivity index (χ4n) is 3.62. The Hall–Kier alpha value is -1.35. The summed E-state index contributed by atoms with van der Waals surface area (Å²) in [6.45, 7) is 6.52. The van der Waals surface area contributed by atoms with E-state index in [4.69, 9.17) is 0 Å². The number of hydrogen-bond acceptors (Lipinski definition) is 2. The van der Waals surface area contributed by atoms with Crippen molar-refractivity contribution in [2.24, 2.45) is 11.3 Å². The second kappa shape index (κ2) is 6.04. The number of amides is 1. The van der Waals surface area contributed by atoms with Crippen LogP contribution in [0.15, 0.2) is 24.3 Å². The zero-order chi connectivity index (χ0) is 15.7. The predicted molar refractivity (Wildman–Crippen MR) is 89.8 cm³/mol. The number of benzene rings is 1. The molecular weight excluding hydrogens is 272 g/mol. The summed E-state index contributed by atoms with van der Waals surface area (Å²) in [4.78, 5) is 15.1. The summed E-state index contributed by atoms with van der Waals surface area (Å²) in [6.07, 6.45) is 4.03. The summed E-state index contributed by atoms with van der Waals surface area (Å²) in [5.74, 6) is 0.826. The van der Waals surface area contributed by atoms with Crippen molar-refractivity contribution in [1.29, 1.82) is 0 Å². The maximum absolute atomic E-state index is 12.8. The van der Waals surface area contributed by atoms with E-state index >= 15 is 0 Å². The van der Waals surface area contributed by atoms with Crippen molar-refractivity contribution in [3.8, 4) is 0 Å². The van der Waals surface area contributed by atoms with Crippen molar-refractivity contribution in [3.63, 3.8) is 0 Å². The molecule has 0 unspecified atom stereocenters. The summed E-state index contributed by atoms with van der Waals surface area (Å²) in [7, 11) is 2.16. The first-order valence-electron chi connectivity index (χ1n) is 8.54. The number of hydrogen-bond donors (Lipinski definition) is 1. The fraction of sp³-hybridized carbons (Fsp3) is 0.632. The van der Waals surface area contributed by atoms with Crippen molar-refractivity contribution in [3.05, 3.63) is 35.4 Å². The lowest BCUT2D eigenvalue weighted by molar-refractivity contribution is -0.127. The van der Waals surface area contributed by atoms with Gasteiger partial charge in [-0.25, -0.2) is 0 Å². The van der Waals surface area contributed by atoms with Gasteiger partial charge in [-0.05, 0) is 57.7 Å².